The van der Waals surface area contributed by atoms with Gasteiger partial charge in [-0.25, -0.2) is 4.98 Å². The highest BCUT2D eigenvalue weighted by molar-refractivity contribution is 7.15. The molecule has 0 radical (unpaired) electrons. The van der Waals surface area contributed by atoms with Gasteiger partial charge in [0.2, 0.25) is 5.91 Å². The van der Waals surface area contributed by atoms with Crippen molar-refractivity contribution in [1.82, 2.24) is 15.2 Å². The standard InChI is InChI=1S/C17H26N4OS/c1-3-11(2)16(22)20-7-6-14-15(10-20)23-17(19-14)21-12-4-5-13(21)9-18-8-12/h11-13,18H,3-10H2,1-2H3/t11-,12?,13?/m1/s1. The van der Waals surface area contributed by atoms with Gasteiger partial charge in [0.25, 0.3) is 0 Å². The highest BCUT2D eigenvalue weighted by Crippen LogP contribution is 2.38. The lowest BCUT2D eigenvalue weighted by molar-refractivity contribution is -0.136. The van der Waals surface area contributed by atoms with Crippen LogP contribution in [-0.4, -0.2) is 47.5 Å². The second kappa shape index (κ2) is 6.06. The van der Waals surface area contributed by atoms with E-state index in [1.54, 1.807) is 0 Å². The van der Waals surface area contributed by atoms with E-state index < -0.39 is 0 Å². The van der Waals surface area contributed by atoms with Crippen molar-refractivity contribution in [1.29, 1.82) is 0 Å². The van der Waals surface area contributed by atoms with Gasteiger partial charge in [-0.3, -0.25) is 4.79 Å². The normalized spacial score (nSPS) is 27.9. The Morgan fingerprint density at radius 3 is 2.83 bits per heavy atom. The first-order chi connectivity index (χ1) is 11.2. The van der Waals surface area contributed by atoms with E-state index in [4.69, 9.17) is 4.98 Å². The summed E-state index contributed by atoms with van der Waals surface area (Å²) >= 11 is 1.82. The predicted octanol–water partition coefficient (Wildman–Crippen LogP) is 2.01. The number of amides is 1. The number of piperazine rings is 1. The van der Waals surface area contributed by atoms with Gasteiger partial charge in [0.1, 0.15) is 0 Å². The minimum Gasteiger partial charge on any atom is -0.340 e. The third-order valence-electron chi connectivity index (χ3n) is 5.67. The minimum atomic E-state index is 0.132. The van der Waals surface area contributed by atoms with Crippen LogP contribution in [0.2, 0.25) is 0 Å². The number of thiazole rings is 1. The Morgan fingerprint density at radius 1 is 1.39 bits per heavy atom. The van der Waals surface area contributed by atoms with Gasteiger partial charge in [0, 0.05) is 48.9 Å². The van der Waals surface area contributed by atoms with Crippen LogP contribution < -0.4 is 10.2 Å². The average Bonchev–Trinajstić information content (AvgIpc) is 3.10. The van der Waals surface area contributed by atoms with Gasteiger partial charge in [-0.2, -0.15) is 0 Å². The molecule has 4 rings (SSSR count). The first kappa shape index (κ1) is 15.4. The zero-order chi connectivity index (χ0) is 16.0. The molecule has 3 atom stereocenters. The second-order valence-corrected chi connectivity index (χ2v) is 8.20. The van der Waals surface area contributed by atoms with Crippen LogP contribution in [0.15, 0.2) is 0 Å². The number of fused-ring (bicyclic) bond motifs is 3. The van der Waals surface area contributed by atoms with E-state index in [-0.39, 0.29) is 5.92 Å². The number of nitrogens with zero attached hydrogens (tertiary/aromatic N) is 3. The van der Waals surface area contributed by atoms with E-state index >= 15 is 0 Å². The van der Waals surface area contributed by atoms with E-state index in [2.05, 4.69) is 17.1 Å². The molecule has 1 amide bonds. The van der Waals surface area contributed by atoms with Gasteiger partial charge >= 0.3 is 0 Å². The molecule has 1 aromatic rings. The molecule has 3 aliphatic rings. The van der Waals surface area contributed by atoms with Crippen molar-refractivity contribution in [3.05, 3.63) is 10.6 Å². The highest BCUT2D eigenvalue weighted by Gasteiger charge is 2.39. The van der Waals surface area contributed by atoms with Crippen LogP contribution in [0.1, 0.15) is 43.7 Å². The van der Waals surface area contributed by atoms with Gasteiger partial charge in [0.05, 0.1) is 12.2 Å². The van der Waals surface area contributed by atoms with E-state index in [9.17, 15) is 4.79 Å². The number of nitrogens with one attached hydrogen (secondary N) is 1. The monoisotopic (exact) mass is 334 g/mol. The fraction of sp³-hybridized carbons (Fsp3) is 0.765. The summed E-state index contributed by atoms with van der Waals surface area (Å²) in [5.74, 6) is 0.434. The summed E-state index contributed by atoms with van der Waals surface area (Å²) < 4.78 is 0. The molecule has 1 aromatic heterocycles. The maximum atomic E-state index is 12.5. The molecule has 4 heterocycles. The van der Waals surface area contributed by atoms with Crippen LogP contribution in [0.3, 0.4) is 0 Å². The quantitative estimate of drug-likeness (QED) is 0.919. The van der Waals surface area contributed by atoms with Crippen molar-refractivity contribution >= 4 is 22.4 Å². The summed E-state index contributed by atoms with van der Waals surface area (Å²) in [7, 11) is 0. The molecule has 2 fully saturated rings. The summed E-state index contributed by atoms with van der Waals surface area (Å²) in [5.41, 5.74) is 1.23. The van der Waals surface area contributed by atoms with Crippen LogP contribution in [0, 0.1) is 5.92 Å². The second-order valence-electron chi connectivity index (χ2n) is 7.14. The Kier molecular flexibility index (Phi) is 4.05. The summed E-state index contributed by atoms with van der Waals surface area (Å²) in [6.07, 6.45) is 4.39. The zero-order valence-electron chi connectivity index (χ0n) is 14.0. The SMILES string of the molecule is CC[C@@H](C)C(=O)N1CCc2nc(N3C4CCC3CNC4)sc2C1. The topological polar surface area (TPSA) is 48.5 Å². The lowest BCUT2D eigenvalue weighted by Crippen LogP contribution is -2.51. The number of hydrogen-bond donors (Lipinski definition) is 1. The zero-order valence-corrected chi connectivity index (χ0v) is 14.9. The summed E-state index contributed by atoms with van der Waals surface area (Å²) in [6, 6.07) is 1.22. The maximum Gasteiger partial charge on any atom is 0.225 e. The van der Waals surface area contributed by atoms with E-state index in [1.807, 2.05) is 23.2 Å². The van der Waals surface area contributed by atoms with Crippen molar-refractivity contribution in [3.63, 3.8) is 0 Å². The third kappa shape index (κ3) is 2.66. The molecule has 126 valence electrons. The smallest absolute Gasteiger partial charge is 0.225 e. The summed E-state index contributed by atoms with van der Waals surface area (Å²) in [4.78, 5) is 23.3. The molecule has 6 heteroatoms. The highest BCUT2D eigenvalue weighted by atomic mass is 32.1. The Morgan fingerprint density at radius 2 is 2.13 bits per heavy atom. The molecule has 0 aromatic carbocycles. The summed E-state index contributed by atoms with van der Waals surface area (Å²) in [5, 5.41) is 4.73. The number of carbonyl (C=O) groups is 1. The maximum absolute atomic E-state index is 12.5. The molecule has 5 nitrogen and oxygen atoms in total. The van der Waals surface area contributed by atoms with Gasteiger partial charge in [-0.15, -0.1) is 0 Å². The van der Waals surface area contributed by atoms with Crippen molar-refractivity contribution in [3.8, 4) is 0 Å². The lowest BCUT2D eigenvalue weighted by Gasteiger charge is -2.35. The van der Waals surface area contributed by atoms with Crippen LogP contribution in [0.5, 0.6) is 0 Å². The first-order valence-corrected chi connectivity index (χ1v) is 9.75. The van der Waals surface area contributed by atoms with Crippen LogP contribution in [-0.2, 0) is 17.8 Å². The molecule has 0 saturated carbocycles. The Hall–Kier alpha value is -1.14. The fourth-order valence-corrected chi connectivity index (χ4v) is 5.32. The first-order valence-electron chi connectivity index (χ1n) is 8.93. The van der Waals surface area contributed by atoms with Crippen LogP contribution in [0.25, 0.3) is 0 Å². The Bertz CT molecular complexity index is 585. The number of anilines is 1. The predicted molar refractivity (Wildman–Crippen MR) is 92.8 cm³/mol. The number of carbonyl (C=O) groups excluding carboxylic acids is 1. The molecule has 1 N–H and O–H groups in total. The van der Waals surface area contributed by atoms with Crippen molar-refractivity contribution < 1.29 is 4.79 Å². The molecule has 0 spiro atoms. The Balaban J connectivity index is 1.53. The molecule has 2 saturated heterocycles. The molecular weight excluding hydrogens is 308 g/mol. The van der Waals surface area contributed by atoms with Gasteiger partial charge in [-0.1, -0.05) is 25.2 Å². The van der Waals surface area contributed by atoms with E-state index in [0.717, 1.165) is 39.0 Å². The number of rotatable bonds is 3. The van der Waals surface area contributed by atoms with Crippen molar-refractivity contribution in [2.24, 2.45) is 5.92 Å². The molecule has 2 unspecified atom stereocenters. The molecule has 0 aliphatic carbocycles. The van der Waals surface area contributed by atoms with Crippen molar-refractivity contribution in [2.75, 3.05) is 24.5 Å². The van der Waals surface area contributed by atoms with Crippen LogP contribution >= 0.6 is 11.3 Å². The largest absolute Gasteiger partial charge is 0.340 e. The minimum absolute atomic E-state index is 0.132. The Labute approximate surface area is 142 Å². The fourth-order valence-electron chi connectivity index (χ4n) is 4.06. The number of aromatic nitrogens is 1. The van der Waals surface area contributed by atoms with Gasteiger partial charge in [0.15, 0.2) is 5.13 Å². The van der Waals surface area contributed by atoms with Gasteiger partial charge < -0.3 is 15.1 Å². The van der Waals surface area contributed by atoms with E-state index in [0.29, 0.717) is 18.0 Å². The number of hydrogen-bond acceptors (Lipinski definition) is 5. The van der Waals surface area contributed by atoms with Crippen LogP contribution in [0.4, 0.5) is 5.13 Å². The molecular formula is C17H26N4OS. The lowest BCUT2D eigenvalue weighted by atomic mass is 10.1. The molecule has 2 bridgehead atoms. The van der Waals surface area contributed by atoms with E-state index in [1.165, 1.54) is 28.5 Å². The van der Waals surface area contributed by atoms with Crippen molar-refractivity contribution in [2.45, 2.75) is 58.2 Å². The average molecular weight is 334 g/mol. The molecule has 23 heavy (non-hydrogen) atoms. The summed E-state index contributed by atoms with van der Waals surface area (Å²) in [6.45, 7) is 7.88. The molecule has 3 aliphatic heterocycles. The van der Waals surface area contributed by atoms with Gasteiger partial charge in [-0.05, 0) is 19.3 Å². The third-order valence-corrected chi connectivity index (χ3v) is 6.76.